The van der Waals surface area contributed by atoms with Gasteiger partial charge in [0, 0.05) is 14.1 Å². The number of rotatable bonds is 4. The molecule has 0 aliphatic carbocycles. The molecule has 2 aromatic carbocycles. The van der Waals surface area contributed by atoms with Gasteiger partial charge in [0.1, 0.15) is 5.57 Å². The maximum absolute atomic E-state index is 12.4. The molecule has 0 N–H and O–H groups in total. The van der Waals surface area contributed by atoms with Crippen LogP contribution in [0.1, 0.15) is 22.3 Å². The number of carbonyl (C=O) groups is 3. The van der Waals surface area contributed by atoms with Crippen molar-refractivity contribution in [3.05, 3.63) is 76.4 Å². The summed E-state index contributed by atoms with van der Waals surface area (Å²) in [6.07, 6.45) is 3.25. The third kappa shape index (κ3) is 3.67. The highest BCUT2D eigenvalue weighted by Gasteiger charge is 2.37. The molecule has 5 heteroatoms. The average Bonchev–Trinajstić information content (AvgIpc) is 2.68. The number of amides is 4. The largest absolute Gasteiger partial charge is 0.333 e. The zero-order valence-electron chi connectivity index (χ0n) is 15.7. The summed E-state index contributed by atoms with van der Waals surface area (Å²) in [6.45, 7) is 2.09. The number of likely N-dealkylation sites (N-methyl/N-ethyl adjacent to an activating group) is 2. The second kappa shape index (κ2) is 7.58. The van der Waals surface area contributed by atoms with Gasteiger partial charge < -0.3 is 0 Å². The number of urea groups is 1. The van der Waals surface area contributed by atoms with Crippen LogP contribution < -0.4 is 0 Å². The molecule has 5 nitrogen and oxygen atoms in total. The Bertz CT molecular complexity index is 920. The number of aryl methyl sites for hydroxylation is 3. The summed E-state index contributed by atoms with van der Waals surface area (Å²) in [7, 11) is 2.76. The lowest BCUT2D eigenvalue weighted by Gasteiger charge is -2.29. The van der Waals surface area contributed by atoms with E-state index in [1.165, 1.54) is 25.2 Å². The summed E-state index contributed by atoms with van der Waals surface area (Å²) >= 11 is 0. The van der Waals surface area contributed by atoms with Gasteiger partial charge in [0.05, 0.1) is 0 Å². The van der Waals surface area contributed by atoms with Gasteiger partial charge in [-0.05, 0) is 48.1 Å². The van der Waals surface area contributed by atoms with E-state index in [4.69, 9.17) is 0 Å². The number of benzene rings is 2. The van der Waals surface area contributed by atoms with Crippen molar-refractivity contribution in [3.8, 4) is 0 Å². The van der Waals surface area contributed by atoms with E-state index in [0.29, 0.717) is 0 Å². The highest BCUT2D eigenvalue weighted by atomic mass is 16.2. The molecule has 0 atom stereocenters. The van der Waals surface area contributed by atoms with Crippen molar-refractivity contribution >= 4 is 23.9 Å². The summed E-state index contributed by atoms with van der Waals surface area (Å²) in [5.41, 5.74) is 4.39. The Morgan fingerprint density at radius 2 is 1.30 bits per heavy atom. The van der Waals surface area contributed by atoms with E-state index < -0.39 is 17.8 Å². The van der Waals surface area contributed by atoms with Gasteiger partial charge in [-0.25, -0.2) is 4.79 Å². The molecule has 1 fully saturated rings. The molecule has 3 rings (SSSR count). The molecule has 1 aliphatic rings. The van der Waals surface area contributed by atoms with Crippen molar-refractivity contribution in [2.45, 2.75) is 19.8 Å². The lowest BCUT2D eigenvalue weighted by atomic mass is 9.96. The van der Waals surface area contributed by atoms with Gasteiger partial charge in [0.2, 0.25) is 0 Å². The molecular formula is C22H22N2O3. The molecule has 0 aromatic heterocycles. The van der Waals surface area contributed by atoms with Crippen molar-refractivity contribution in [2.75, 3.05) is 14.1 Å². The first-order valence-electron chi connectivity index (χ1n) is 8.84. The zero-order chi connectivity index (χ0) is 19.6. The Labute approximate surface area is 158 Å². The molecule has 0 bridgehead atoms. The number of imide groups is 2. The molecule has 0 radical (unpaired) electrons. The van der Waals surface area contributed by atoms with Crippen LogP contribution in [-0.4, -0.2) is 41.7 Å². The van der Waals surface area contributed by atoms with Crippen molar-refractivity contribution < 1.29 is 14.4 Å². The first-order chi connectivity index (χ1) is 12.9. The predicted molar refractivity (Wildman–Crippen MR) is 104 cm³/mol. The maximum atomic E-state index is 12.4. The van der Waals surface area contributed by atoms with Gasteiger partial charge in [0.25, 0.3) is 11.8 Å². The number of barbiturate groups is 1. The minimum Gasteiger partial charge on any atom is -0.268 e. The summed E-state index contributed by atoms with van der Waals surface area (Å²) in [6, 6.07) is 15.3. The molecule has 4 amide bonds. The molecule has 0 saturated carbocycles. The number of carbonyl (C=O) groups excluding carboxylic acids is 3. The predicted octanol–water partition coefficient (Wildman–Crippen LogP) is 3.21. The minimum absolute atomic E-state index is 0.00272. The number of hydrogen-bond donors (Lipinski definition) is 0. The molecular weight excluding hydrogens is 340 g/mol. The second-order valence-electron chi connectivity index (χ2n) is 6.69. The van der Waals surface area contributed by atoms with Gasteiger partial charge in [-0.15, -0.1) is 0 Å². The van der Waals surface area contributed by atoms with Crippen LogP contribution in [0.5, 0.6) is 0 Å². The molecule has 2 aromatic rings. The van der Waals surface area contributed by atoms with Crippen LogP contribution in [0, 0.1) is 6.92 Å². The minimum atomic E-state index is -0.616. The monoisotopic (exact) mass is 362 g/mol. The van der Waals surface area contributed by atoms with Crippen LogP contribution in [0.3, 0.4) is 0 Å². The summed E-state index contributed by atoms with van der Waals surface area (Å²) in [4.78, 5) is 38.6. The smallest absolute Gasteiger partial charge is 0.268 e. The van der Waals surface area contributed by atoms with Crippen LogP contribution in [0.15, 0.2) is 54.1 Å². The fourth-order valence-electron chi connectivity index (χ4n) is 3.19. The van der Waals surface area contributed by atoms with Gasteiger partial charge in [0.15, 0.2) is 0 Å². The molecule has 1 heterocycles. The normalized spacial score (nSPS) is 14.8. The van der Waals surface area contributed by atoms with Gasteiger partial charge in [-0.3, -0.25) is 19.4 Å². The van der Waals surface area contributed by atoms with E-state index in [9.17, 15) is 14.4 Å². The van der Waals surface area contributed by atoms with Gasteiger partial charge in [-0.2, -0.15) is 0 Å². The van der Waals surface area contributed by atoms with Gasteiger partial charge >= 0.3 is 6.03 Å². The van der Waals surface area contributed by atoms with E-state index in [0.717, 1.165) is 33.8 Å². The fourth-order valence-corrected chi connectivity index (χ4v) is 3.19. The molecule has 0 unspecified atom stereocenters. The van der Waals surface area contributed by atoms with Crippen molar-refractivity contribution in [1.82, 2.24) is 9.80 Å². The summed E-state index contributed by atoms with van der Waals surface area (Å²) in [5, 5.41) is 0. The Morgan fingerprint density at radius 1 is 0.778 bits per heavy atom. The van der Waals surface area contributed by atoms with Crippen LogP contribution in [-0.2, 0) is 22.4 Å². The second-order valence-corrected chi connectivity index (χ2v) is 6.69. The van der Waals surface area contributed by atoms with Crippen LogP contribution in [0.4, 0.5) is 4.79 Å². The standard InChI is InChI=1S/C22H22N2O3/c1-15-8-4-5-9-16(15)12-13-17-10-6-7-11-18(17)14-19-20(25)23(2)22(27)24(3)21(19)26/h4-11,14H,12-13H2,1-3H3. The van der Waals surface area contributed by atoms with Crippen molar-refractivity contribution in [1.29, 1.82) is 0 Å². The van der Waals surface area contributed by atoms with E-state index in [-0.39, 0.29) is 5.57 Å². The van der Waals surface area contributed by atoms with E-state index >= 15 is 0 Å². The van der Waals surface area contributed by atoms with Crippen molar-refractivity contribution in [2.24, 2.45) is 0 Å². The van der Waals surface area contributed by atoms with E-state index in [1.807, 2.05) is 36.4 Å². The van der Waals surface area contributed by atoms with Crippen LogP contribution in [0.2, 0.25) is 0 Å². The lowest BCUT2D eigenvalue weighted by molar-refractivity contribution is -0.134. The molecule has 27 heavy (non-hydrogen) atoms. The average molecular weight is 362 g/mol. The fraction of sp³-hybridized carbons (Fsp3) is 0.227. The number of hydrogen-bond acceptors (Lipinski definition) is 3. The van der Waals surface area contributed by atoms with Crippen LogP contribution in [0.25, 0.3) is 6.08 Å². The Kier molecular flexibility index (Phi) is 5.21. The lowest BCUT2D eigenvalue weighted by Crippen LogP contribution is -2.52. The first kappa shape index (κ1) is 18.6. The van der Waals surface area contributed by atoms with Gasteiger partial charge in [-0.1, -0.05) is 48.5 Å². The Hall–Kier alpha value is -3.21. The quantitative estimate of drug-likeness (QED) is 0.620. The third-order valence-corrected chi connectivity index (χ3v) is 4.92. The zero-order valence-corrected chi connectivity index (χ0v) is 15.7. The maximum Gasteiger partial charge on any atom is 0.333 e. The number of nitrogens with zero attached hydrogens (tertiary/aromatic N) is 2. The highest BCUT2D eigenvalue weighted by molar-refractivity contribution is 6.30. The third-order valence-electron chi connectivity index (χ3n) is 4.92. The summed E-state index contributed by atoms with van der Waals surface area (Å²) in [5.74, 6) is -1.14. The highest BCUT2D eigenvalue weighted by Crippen LogP contribution is 2.21. The molecule has 0 spiro atoms. The van der Waals surface area contributed by atoms with E-state index in [2.05, 4.69) is 19.1 Å². The Morgan fingerprint density at radius 3 is 1.93 bits per heavy atom. The summed E-state index contributed by atoms with van der Waals surface area (Å²) < 4.78 is 0. The molecule has 1 saturated heterocycles. The molecule has 138 valence electrons. The van der Waals surface area contributed by atoms with Crippen LogP contribution >= 0.6 is 0 Å². The van der Waals surface area contributed by atoms with E-state index in [1.54, 1.807) is 6.08 Å². The Balaban J connectivity index is 1.90. The molecule has 1 aliphatic heterocycles. The SMILES string of the molecule is Cc1ccccc1CCc1ccccc1C=C1C(=O)N(C)C(=O)N(C)C1=O. The topological polar surface area (TPSA) is 57.7 Å². The first-order valence-corrected chi connectivity index (χ1v) is 8.84. The van der Waals surface area contributed by atoms with Crippen molar-refractivity contribution in [3.63, 3.8) is 0 Å².